The van der Waals surface area contributed by atoms with Crippen LogP contribution in [0.4, 0.5) is 4.39 Å². The van der Waals surface area contributed by atoms with Crippen LogP contribution in [0.15, 0.2) is 35.1 Å². The Labute approximate surface area is 123 Å². The van der Waals surface area contributed by atoms with Gasteiger partial charge in [-0.3, -0.25) is 4.79 Å². The molecule has 0 bridgehead atoms. The van der Waals surface area contributed by atoms with Crippen molar-refractivity contribution in [3.63, 3.8) is 0 Å². The van der Waals surface area contributed by atoms with Gasteiger partial charge < -0.3 is 10.3 Å². The molecule has 21 heavy (non-hydrogen) atoms. The van der Waals surface area contributed by atoms with Crippen LogP contribution < -0.4 is 10.9 Å². The van der Waals surface area contributed by atoms with Crippen molar-refractivity contribution in [1.29, 1.82) is 0 Å². The van der Waals surface area contributed by atoms with E-state index in [9.17, 15) is 9.18 Å². The Morgan fingerprint density at radius 2 is 2.05 bits per heavy atom. The highest BCUT2D eigenvalue weighted by Gasteiger charge is 2.10. The molecule has 0 saturated heterocycles. The van der Waals surface area contributed by atoms with Crippen LogP contribution in [0.3, 0.4) is 0 Å². The first-order valence-electron chi connectivity index (χ1n) is 6.90. The van der Waals surface area contributed by atoms with Crippen molar-refractivity contribution < 1.29 is 4.39 Å². The standard InChI is InChI=1S/C16H20FN3O/c1-16(2,3)18-10-13-9-15(21)20-14(19-13)8-11-5-4-6-12(17)7-11/h4-7,9,18H,8,10H2,1-3H3,(H,19,20,21). The number of halogens is 1. The predicted octanol–water partition coefficient (Wildman–Crippen LogP) is 2.39. The van der Waals surface area contributed by atoms with Gasteiger partial charge in [-0.2, -0.15) is 0 Å². The van der Waals surface area contributed by atoms with E-state index in [-0.39, 0.29) is 16.9 Å². The van der Waals surface area contributed by atoms with Gasteiger partial charge in [-0.05, 0) is 38.5 Å². The summed E-state index contributed by atoms with van der Waals surface area (Å²) >= 11 is 0. The number of rotatable bonds is 4. The average Bonchev–Trinajstić information content (AvgIpc) is 2.35. The van der Waals surface area contributed by atoms with E-state index in [1.54, 1.807) is 6.07 Å². The van der Waals surface area contributed by atoms with Crippen molar-refractivity contribution in [3.8, 4) is 0 Å². The molecule has 0 aliphatic heterocycles. The van der Waals surface area contributed by atoms with Gasteiger partial charge in [0.15, 0.2) is 0 Å². The lowest BCUT2D eigenvalue weighted by Crippen LogP contribution is -2.35. The fourth-order valence-electron chi connectivity index (χ4n) is 1.93. The first kappa shape index (κ1) is 15.4. The first-order valence-corrected chi connectivity index (χ1v) is 6.90. The normalized spacial score (nSPS) is 11.6. The summed E-state index contributed by atoms with van der Waals surface area (Å²) in [6.45, 7) is 6.67. The highest BCUT2D eigenvalue weighted by atomic mass is 19.1. The summed E-state index contributed by atoms with van der Waals surface area (Å²) in [5, 5.41) is 3.29. The minimum absolute atomic E-state index is 0.0486. The van der Waals surface area contributed by atoms with Crippen molar-refractivity contribution in [2.24, 2.45) is 0 Å². The number of nitrogens with one attached hydrogen (secondary N) is 2. The summed E-state index contributed by atoms with van der Waals surface area (Å²) in [4.78, 5) is 18.8. The van der Waals surface area contributed by atoms with Crippen molar-refractivity contribution in [3.05, 3.63) is 63.6 Å². The molecule has 4 nitrogen and oxygen atoms in total. The van der Waals surface area contributed by atoms with Crippen molar-refractivity contribution in [2.45, 2.75) is 39.3 Å². The van der Waals surface area contributed by atoms with Gasteiger partial charge in [0, 0.05) is 24.6 Å². The number of hydrogen-bond donors (Lipinski definition) is 2. The van der Waals surface area contributed by atoms with E-state index in [4.69, 9.17) is 0 Å². The molecule has 1 aromatic carbocycles. The van der Waals surface area contributed by atoms with Gasteiger partial charge in [0.25, 0.3) is 5.56 Å². The molecule has 5 heteroatoms. The number of aromatic nitrogens is 2. The Kier molecular flexibility index (Phi) is 4.53. The second kappa shape index (κ2) is 6.18. The van der Waals surface area contributed by atoms with Crippen LogP contribution in [0, 0.1) is 5.82 Å². The molecule has 112 valence electrons. The summed E-state index contributed by atoms with van der Waals surface area (Å²) in [6, 6.07) is 7.77. The van der Waals surface area contributed by atoms with Crippen LogP contribution in [0.1, 0.15) is 37.9 Å². The maximum Gasteiger partial charge on any atom is 0.251 e. The van der Waals surface area contributed by atoms with Gasteiger partial charge in [-0.15, -0.1) is 0 Å². The second-order valence-electron chi connectivity index (χ2n) is 6.09. The van der Waals surface area contributed by atoms with E-state index in [1.807, 2.05) is 26.8 Å². The molecule has 0 radical (unpaired) electrons. The van der Waals surface area contributed by atoms with Crippen LogP contribution in [0.25, 0.3) is 0 Å². The Balaban J connectivity index is 2.17. The highest BCUT2D eigenvalue weighted by Crippen LogP contribution is 2.08. The number of nitrogens with zero attached hydrogens (tertiary/aromatic N) is 1. The number of hydrogen-bond acceptors (Lipinski definition) is 3. The van der Waals surface area contributed by atoms with Crippen molar-refractivity contribution in [1.82, 2.24) is 15.3 Å². The van der Waals surface area contributed by atoms with E-state index in [0.29, 0.717) is 24.5 Å². The molecule has 2 aromatic rings. The monoisotopic (exact) mass is 289 g/mol. The summed E-state index contributed by atoms with van der Waals surface area (Å²) in [7, 11) is 0. The Morgan fingerprint density at radius 3 is 2.71 bits per heavy atom. The Bertz CT molecular complexity index is 674. The van der Waals surface area contributed by atoms with Crippen LogP contribution in [-0.4, -0.2) is 15.5 Å². The maximum atomic E-state index is 13.2. The van der Waals surface area contributed by atoms with E-state index in [1.165, 1.54) is 18.2 Å². The van der Waals surface area contributed by atoms with Crippen molar-refractivity contribution in [2.75, 3.05) is 0 Å². The second-order valence-corrected chi connectivity index (χ2v) is 6.09. The highest BCUT2D eigenvalue weighted by molar-refractivity contribution is 5.20. The predicted molar refractivity (Wildman–Crippen MR) is 80.7 cm³/mol. The summed E-state index contributed by atoms with van der Waals surface area (Å²) in [6.07, 6.45) is 0.399. The number of benzene rings is 1. The van der Waals surface area contributed by atoms with Crippen molar-refractivity contribution >= 4 is 0 Å². The SMILES string of the molecule is CC(C)(C)NCc1cc(=O)[nH]c(Cc2cccc(F)c2)n1. The smallest absolute Gasteiger partial charge is 0.251 e. The molecule has 1 aromatic heterocycles. The topological polar surface area (TPSA) is 57.8 Å². The molecule has 0 spiro atoms. The van der Waals surface area contributed by atoms with E-state index < -0.39 is 0 Å². The quantitative estimate of drug-likeness (QED) is 0.908. The van der Waals surface area contributed by atoms with E-state index in [2.05, 4.69) is 15.3 Å². The molecular weight excluding hydrogens is 269 g/mol. The first-order chi connectivity index (χ1) is 9.82. The molecule has 2 rings (SSSR count). The van der Waals surface area contributed by atoms with Gasteiger partial charge in [0.05, 0.1) is 5.69 Å². The summed E-state index contributed by atoms with van der Waals surface area (Å²) < 4.78 is 13.2. The third kappa shape index (κ3) is 5.11. The molecule has 0 unspecified atom stereocenters. The molecule has 0 aliphatic carbocycles. The Morgan fingerprint density at radius 1 is 1.29 bits per heavy atom. The summed E-state index contributed by atoms with van der Waals surface area (Å²) in [5.74, 6) is 0.249. The minimum atomic E-state index is -0.291. The van der Waals surface area contributed by atoms with E-state index >= 15 is 0 Å². The van der Waals surface area contributed by atoms with Gasteiger partial charge >= 0.3 is 0 Å². The minimum Gasteiger partial charge on any atom is -0.310 e. The van der Waals surface area contributed by atoms with Gasteiger partial charge in [-0.25, -0.2) is 9.37 Å². The summed E-state index contributed by atoms with van der Waals surface area (Å²) in [5.41, 5.74) is 1.22. The number of aromatic amines is 1. The van der Waals surface area contributed by atoms with Crippen LogP contribution in [-0.2, 0) is 13.0 Å². The molecular formula is C16H20FN3O. The van der Waals surface area contributed by atoms with Gasteiger partial charge in [0.1, 0.15) is 11.6 Å². The van der Waals surface area contributed by atoms with Crippen LogP contribution in [0.2, 0.25) is 0 Å². The lowest BCUT2D eigenvalue weighted by atomic mass is 10.1. The molecule has 0 atom stereocenters. The molecule has 2 N–H and O–H groups in total. The zero-order valence-corrected chi connectivity index (χ0v) is 12.5. The zero-order valence-electron chi connectivity index (χ0n) is 12.5. The third-order valence-electron chi connectivity index (χ3n) is 2.90. The third-order valence-corrected chi connectivity index (χ3v) is 2.90. The molecule has 0 fully saturated rings. The Hall–Kier alpha value is -2.01. The fraction of sp³-hybridized carbons (Fsp3) is 0.375. The molecule has 1 heterocycles. The average molecular weight is 289 g/mol. The zero-order chi connectivity index (χ0) is 15.5. The maximum absolute atomic E-state index is 13.2. The number of H-pyrrole nitrogens is 1. The lowest BCUT2D eigenvalue weighted by Gasteiger charge is -2.20. The fourth-order valence-corrected chi connectivity index (χ4v) is 1.93. The van der Waals surface area contributed by atoms with E-state index in [0.717, 1.165) is 5.56 Å². The van der Waals surface area contributed by atoms with Crippen LogP contribution in [0.5, 0.6) is 0 Å². The van der Waals surface area contributed by atoms with Gasteiger partial charge in [-0.1, -0.05) is 12.1 Å². The van der Waals surface area contributed by atoms with Crippen LogP contribution >= 0.6 is 0 Å². The molecule has 0 amide bonds. The lowest BCUT2D eigenvalue weighted by molar-refractivity contribution is 0.420. The molecule has 0 saturated carbocycles. The molecule has 0 aliphatic rings. The largest absolute Gasteiger partial charge is 0.310 e. The van der Waals surface area contributed by atoms with Gasteiger partial charge in [0.2, 0.25) is 0 Å².